The van der Waals surface area contributed by atoms with E-state index in [0.29, 0.717) is 6.04 Å². The number of hydrogen-bond donors (Lipinski definition) is 1. The maximum absolute atomic E-state index is 5.25. The molecule has 0 aromatic carbocycles. The summed E-state index contributed by atoms with van der Waals surface area (Å²) in [5.74, 6) is 0. The highest BCUT2D eigenvalue weighted by atomic mass is 16.5. The maximum Gasteiger partial charge on any atom is 0.0589 e. The zero-order valence-corrected chi connectivity index (χ0v) is 11.3. The predicted octanol–water partition coefficient (Wildman–Crippen LogP) is 0.391. The average Bonchev–Trinajstić information content (AvgIpc) is 2.95. The molecule has 2 heterocycles. The van der Waals surface area contributed by atoms with Crippen molar-refractivity contribution in [1.82, 2.24) is 15.1 Å². The first-order valence-electron chi connectivity index (χ1n) is 6.94. The van der Waals surface area contributed by atoms with Crippen LogP contribution in [0.2, 0.25) is 0 Å². The molecule has 2 rings (SSSR count). The summed E-state index contributed by atoms with van der Waals surface area (Å²) in [4.78, 5) is 5.07. The first-order chi connectivity index (χ1) is 8.29. The third-order valence-electron chi connectivity index (χ3n) is 4.08. The van der Waals surface area contributed by atoms with Gasteiger partial charge in [0.15, 0.2) is 0 Å². The van der Waals surface area contributed by atoms with Crippen LogP contribution in [0.25, 0.3) is 0 Å². The smallest absolute Gasteiger partial charge is 0.0589 e. The Morgan fingerprint density at radius 1 is 1.41 bits per heavy atom. The number of nitrogens with zero attached hydrogens (tertiary/aromatic N) is 2. The van der Waals surface area contributed by atoms with E-state index in [2.05, 4.69) is 22.2 Å². The van der Waals surface area contributed by atoms with Crippen LogP contribution < -0.4 is 5.32 Å². The lowest BCUT2D eigenvalue weighted by atomic mass is 10.1. The fraction of sp³-hybridized carbons (Fsp3) is 1.00. The van der Waals surface area contributed by atoms with Gasteiger partial charge in [-0.1, -0.05) is 0 Å². The Balaban J connectivity index is 1.83. The van der Waals surface area contributed by atoms with Crippen molar-refractivity contribution in [2.45, 2.75) is 31.3 Å². The zero-order valence-electron chi connectivity index (χ0n) is 11.3. The lowest BCUT2D eigenvalue weighted by molar-refractivity contribution is 0.114. The molecular weight excluding hydrogens is 214 g/mol. The van der Waals surface area contributed by atoms with E-state index in [1.165, 1.54) is 45.4 Å². The predicted molar refractivity (Wildman–Crippen MR) is 70.4 cm³/mol. The van der Waals surface area contributed by atoms with Gasteiger partial charge in [-0.3, -0.25) is 4.90 Å². The summed E-state index contributed by atoms with van der Waals surface area (Å²) >= 11 is 0. The average molecular weight is 241 g/mol. The second kappa shape index (κ2) is 6.69. The van der Waals surface area contributed by atoms with Gasteiger partial charge in [-0.15, -0.1) is 0 Å². The zero-order chi connectivity index (χ0) is 12.1. The van der Waals surface area contributed by atoms with Crippen LogP contribution in [0.5, 0.6) is 0 Å². The van der Waals surface area contributed by atoms with E-state index in [1.807, 2.05) is 0 Å². The highest BCUT2D eigenvalue weighted by Crippen LogP contribution is 2.16. The summed E-state index contributed by atoms with van der Waals surface area (Å²) in [5, 5.41) is 3.60. The minimum absolute atomic E-state index is 0.706. The molecule has 4 nitrogen and oxygen atoms in total. The second-order valence-electron chi connectivity index (χ2n) is 5.49. The van der Waals surface area contributed by atoms with Crippen molar-refractivity contribution in [2.75, 3.05) is 53.5 Å². The number of rotatable bonds is 6. The number of likely N-dealkylation sites (N-methyl/N-ethyl adjacent to an activating group) is 1. The Morgan fingerprint density at radius 2 is 2.29 bits per heavy atom. The van der Waals surface area contributed by atoms with Crippen molar-refractivity contribution in [3.8, 4) is 0 Å². The van der Waals surface area contributed by atoms with Gasteiger partial charge in [0, 0.05) is 38.8 Å². The van der Waals surface area contributed by atoms with Crippen molar-refractivity contribution < 1.29 is 4.74 Å². The molecular formula is C13H27N3O. The number of ether oxygens (including phenoxy) is 1. The lowest BCUT2D eigenvalue weighted by Crippen LogP contribution is -2.45. The SMILES string of the molecule is COCCN(CC1CCCN1)C1CCN(C)C1. The summed E-state index contributed by atoms with van der Waals surface area (Å²) in [6.07, 6.45) is 3.99. The minimum Gasteiger partial charge on any atom is -0.383 e. The van der Waals surface area contributed by atoms with Gasteiger partial charge in [-0.05, 0) is 39.4 Å². The van der Waals surface area contributed by atoms with Crippen molar-refractivity contribution >= 4 is 0 Å². The molecule has 1 N–H and O–H groups in total. The van der Waals surface area contributed by atoms with Crippen LogP contribution in [0.15, 0.2) is 0 Å². The van der Waals surface area contributed by atoms with Crippen molar-refractivity contribution in [3.63, 3.8) is 0 Å². The minimum atomic E-state index is 0.706. The first-order valence-corrected chi connectivity index (χ1v) is 6.94. The molecule has 2 aliphatic rings. The second-order valence-corrected chi connectivity index (χ2v) is 5.49. The molecule has 0 aliphatic carbocycles. The van der Waals surface area contributed by atoms with Crippen molar-refractivity contribution in [3.05, 3.63) is 0 Å². The molecule has 0 radical (unpaired) electrons. The van der Waals surface area contributed by atoms with Crippen LogP contribution in [-0.2, 0) is 4.74 Å². The van der Waals surface area contributed by atoms with Crippen LogP contribution in [-0.4, -0.2) is 75.4 Å². The maximum atomic E-state index is 5.25. The summed E-state index contributed by atoms with van der Waals surface area (Å²) < 4.78 is 5.25. The third-order valence-corrected chi connectivity index (χ3v) is 4.08. The highest BCUT2D eigenvalue weighted by molar-refractivity contribution is 4.86. The summed E-state index contributed by atoms with van der Waals surface area (Å²) in [7, 11) is 4.02. The van der Waals surface area contributed by atoms with E-state index in [0.717, 1.165) is 19.2 Å². The largest absolute Gasteiger partial charge is 0.383 e. The van der Waals surface area contributed by atoms with E-state index in [1.54, 1.807) is 7.11 Å². The molecule has 0 bridgehead atoms. The number of nitrogens with one attached hydrogen (secondary N) is 1. The Kier molecular flexibility index (Phi) is 5.22. The first kappa shape index (κ1) is 13.3. The molecule has 2 saturated heterocycles. The number of methoxy groups -OCH3 is 1. The van der Waals surface area contributed by atoms with Gasteiger partial charge in [0.25, 0.3) is 0 Å². The van der Waals surface area contributed by atoms with Crippen LogP contribution in [0.4, 0.5) is 0 Å². The Morgan fingerprint density at radius 3 is 2.88 bits per heavy atom. The van der Waals surface area contributed by atoms with E-state index in [9.17, 15) is 0 Å². The molecule has 2 unspecified atom stereocenters. The van der Waals surface area contributed by atoms with Gasteiger partial charge >= 0.3 is 0 Å². The highest BCUT2D eigenvalue weighted by Gasteiger charge is 2.27. The molecule has 17 heavy (non-hydrogen) atoms. The Hall–Kier alpha value is -0.160. The van der Waals surface area contributed by atoms with E-state index < -0.39 is 0 Å². The van der Waals surface area contributed by atoms with Crippen LogP contribution in [0.1, 0.15) is 19.3 Å². The summed E-state index contributed by atoms with van der Waals surface area (Å²) in [6, 6.07) is 1.44. The Labute approximate surface area is 105 Å². The van der Waals surface area contributed by atoms with Crippen molar-refractivity contribution in [1.29, 1.82) is 0 Å². The number of hydrogen-bond acceptors (Lipinski definition) is 4. The third kappa shape index (κ3) is 3.91. The molecule has 2 aliphatic heterocycles. The summed E-state index contributed by atoms with van der Waals surface area (Å²) in [6.45, 7) is 6.79. The normalized spacial score (nSPS) is 30.5. The Bertz CT molecular complexity index is 219. The van der Waals surface area contributed by atoms with Gasteiger partial charge in [0.05, 0.1) is 6.61 Å². The fourth-order valence-electron chi connectivity index (χ4n) is 3.04. The summed E-state index contributed by atoms with van der Waals surface area (Å²) in [5.41, 5.74) is 0. The molecule has 0 spiro atoms. The number of likely N-dealkylation sites (tertiary alicyclic amines) is 1. The lowest BCUT2D eigenvalue weighted by Gasteiger charge is -2.31. The van der Waals surface area contributed by atoms with Gasteiger partial charge in [-0.25, -0.2) is 0 Å². The molecule has 2 atom stereocenters. The van der Waals surface area contributed by atoms with Crippen LogP contribution >= 0.6 is 0 Å². The quantitative estimate of drug-likeness (QED) is 0.728. The van der Waals surface area contributed by atoms with Gasteiger partial charge in [-0.2, -0.15) is 0 Å². The van der Waals surface area contributed by atoms with Crippen LogP contribution in [0.3, 0.4) is 0 Å². The van der Waals surface area contributed by atoms with Gasteiger partial charge in [0.2, 0.25) is 0 Å². The molecule has 0 aromatic heterocycles. The molecule has 0 amide bonds. The van der Waals surface area contributed by atoms with Gasteiger partial charge in [0.1, 0.15) is 0 Å². The van der Waals surface area contributed by atoms with Crippen LogP contribution in [0, 0.1) is 0 Å². The topological polar surface area (TPSA) is 27.7 Å². The van der Waals surface area contributed by atoms with E-state index in [-0.39, 0.29) is 0 Å². The van der Waals surface area contributed by atoms with Crippen molar-refractivity contribution in [2.24, 2.45) is 0 Å². The molecule has 0 aromatic rings. The van der Waals surface area contributed by atoms with E-state index in [4.69, 9.17) is 4.74 Å². The molecule has 2 fully saturated rings. The molecule has 4 heteroatoms. The van der Waals surface area contributed by atoms with Gasteiger partial charge < -0.3 is 15.0 Å². The monoisotopic (exact) mass is 241 g/mol. The molecule has 0 saturated carbocycles. The molecule has 100 valence electrons. The standard InChI is InChI=1S/C13H27N3O/c1-15-7-5-13(11-15)16(8-9-17-2)10-12-4-3-6-14-12/h12-14H,3-11H2,1-2H3. The fourth-order valence-corrected chi connectivity index (χ4v) is 3.04. The van der Waals surface area contributed by atoms with E-state index >= 15 is 0 Å².